The van der Waals surface area contributed by atoms with Crippen molar-refractivity contribution in [1.82, 2.24) is 20.2 Å². The number of benzene rings is 2. The minimum atomic E-state index is -2.00. The number of halogens is 1. The molecule has 4 aromatic rings. The lowest BCUT2D eigenvalue weighted by molar-refractivity contribution is -0.172. The van der Waals surface area contributed by atoms with E-state index in [-0.39, 0.29) is 61.0 Å². The molecule has 0 fully saturated rings. The first-order valence-electron chi connectivity index (χ1n) is 27.9. The first-order chi connectivity index (χ1) is 40.2. The van der Waals surface area contributed by atoms with Crippen LogP contribution in [0.25, 0.3) is 32.7 Å². The number of fused-ring (bicyclic) bond motifs is 5. The van der Waals surface area contributed by atoms with E-state index in [2.05, 4.69) is 34.5 Å². The standard InChI is InChI=1S/C57H76FN7O16S2/c1-5-57(70)44-32-48-52-42(34-65(48)53(67)43(44)36-80-54(57)68)51-46(11-10-41-38(2)45(58)33-47(62-52)50(41)51)63-55(69)81-35-39-6-8-40(9-7-39)82-83-56(3,4)37-60-49(66)12-14-71-16-18-73-20-22-75-24-26-77-28-30-79-31-29-78-27-25-76-23-21-74-19-17-72-15-13-61-64-59/h6-9,32-33,46,70H,5,10-31,34-37H2,1-4H3,(H,60,66)(H,63,69)/t46-,57-/m0/s1. The van der Waals surface area contributed by atoms with E-state index in [0.29, 0.717) is 166 Å². The number of nitrogens with zero attached hydrogens (tertiary/aromatic N) is 5. The van der Waals surface area contributed by atoms with Gasteiger partial charge in [-0.3, -0.25) is 9.59 Å². The Hall–Kier alpha value is -5.45. The number of ether oxygens (including phenoxy) is 11. The fourth-order valence-corrected chi connectivity index (χ4v) is 11.6. The van der Waals surface area contributed by atoms with Crippen molar-refractivity contribution in [2.75, 3.05) is 132 Å². The normalized spacial score (nSPS) is 16.0. The molecule has 4 heterocycles. The van der Waals surface area contributed by atoms with Crippen molar-refractivity contribution in [1.29, 1.82) is 0 Å². The van der Waals surface area contributed by atoms with E-state index in [4.69, 9.17) is 62.6 Å². The highest BCUT2D eigenvalue weighted by molar-refractivity contribution is 8.77. The number of nitrogens with one attached hydrogen (secondary N) is 2. The molecular weight excluding hydrogens is 1120 g/mol. The second kappa shape index (κ2) is 33.3. The smallest absolute Gasteiger partial charge is 0.407 e. The van der Waals surface area contributed by atoms with Crippen molar-refractivity contribution < 1.29 is 76.0 Å². The van der Waals surface area contributed by atoms with Gasteiger partial charge in [-0.25, -0.2) is 19.0 Å². The number of esters is 1. The lowest BCUT2D eigenvalue weighted by Crippen LogP contribution is -2.44. The first kappa shape index (κ1) is 65.1. The minimum Gasteiger partial charge on any atom is -0.458 e. The zero-order valence-corrected chi connectivity index (χ0v) is 49.3. The Morgan fingerprint density at radius 3 is 1.98 bits per heavy atom. The van der Waals surface area contributed by atoms with Crippen LogP contribution in [-0.4, -0.2) is 169 Å². The Morgan fingerprint density at radius 1 is 0.843 bits per heavy atom. The third kappa shape index (κ3) is 18.8. The van der Waals surface area contributed by atoms with Crippen LogP contribution in [0.3, 0.4) is 0 Å². The van der Waals surface area contributed by atoms with E-state index < -0.39 is 35.1 Å². The number of cyclic esters (lactones) is 1. The number of azide groups is 1. The average molecular weight is 1200 g/mol. The highest BCUT2D eigenvalue weighted by atomic mass is 33.1. The summed E-state index contributed by atoms with van der Waals surface area (Å²) < 4.78 is 76.8. The molecular formula is C57H76FN7O16S2. The van der Waals surface area contributed by atoms with Crippen molar-refractivity contribution in [2.45, 2.75) is 94.4 Å². The number of aryl methyl sites for hydroxylation is 1. The molecule has 0 unspecified atom stereocenters. The van der Waals surface area contributed by atoms with E-state index >= 15 is 4.39 Å². The molecule has 0 spiro atoms. The number of aromatic nitrogens is 2. The van der Waals surface area contributed by atoms with Gasteiger partial charge < -0.3 is 72.4 Å². The van der Waals surface area contributed by atoms with E-state index in [9.17, 15) is 24.3 Å². The van der Waals surface area contributed by atoms with Crippen LogP contribution in [-0.2, 0) is 93.5 Å². The van der Waals surface area contributed by atoms with Crippen LogP contribution >= 0.6 is 21.6 Å². The fourth-order valence-electron chi connectivity index (χ4n) is 9.44. The number of carbonyl (C=O) groups excluding carboxylic acids is 3. The van der Waals surface area contributed by atoms with Crippen molar-refractivity contribution >= 4 is 50.5 Å². The quantitative estimate of drug-likeness (QED) is 0.00898. The number of carbonyl (C=O) groups is 3. The van der Waals surface area contributed by atoms with Gasteiger partial charge in [-0.05, 0) is 86.0 Å². The summed E-state index contributed by atoms with van der Waals surface area (Å²) in [7, 11) is 3.20. The van der Waals surface area contributed by atoms with Crippen LogP contribution in [0.2, 0.25) is 0 Å². The molecule has 0 bridgehead atoms. The number of pyridine rings is 2. The molecule has 0 saturated heterocycles. The highest BCUT2D eigenvalue weighted by Crippen LogP contribution is 2.46. The van der Waals surface area contributed by atoms with Gasteiger partial charge in [0.25, 0.3) is 5.56 Å². The molecule has 2 aromatic carbocycles. The lowest BCUT2D eigenvalue weighted by Gasteiger charge is -2.31. The van der Waals surface area contributed by atoms with E-state index in [0.717, 1.165) is 27.0 Å². The van der Waals surface area contributed by atoms with Crippen molar-refractivity contribution in [3.63, 3.8) is 0 Å². The van der Waals surface area contributed by atoms with E-state index in [1.807, 2.05) is 24.3 Å². The van der Waals surface area contributed by atoms with Gasteiger partial charge in [0.15, 0.2) is 5.60 Å². The molecule has 2 aromatic heterocycles. The molecule has 23 nitrogen and oxygen atoms in total. The monoisotopic (exact) mass is 1200 g/mol. The third-order valence-corrected chi connectivity index (χ3v) is 17.2. The summed E-state index contributed by atoms with van der Waals surface area (Å²) >= 11 is 0. The van der Waals surface area contributed by atoms with Crippen LogP contribution in [0.4, 0.5) is 9.18 Å². The van der Waals surface area contributed by atoms with Crippen molar-refractivity contribution in [2.24, 2.45) is 5.11 Å². The van der Waals surface area contributed by atoms with Crippen molar-refractivity contribution in [3.8, 4) is 11.4 Å². The number of aliphatic hydroxyl groups is 1. The maximum Gasteiger partial charge on any atom is 0.407 e. The zero-order chi connectivity index (χ0) is 59.0. The minimum absolute atomic E-state index is 0.00741. The average Bonchev–Trinajstić information content (AvgIpc) is 1.92. The fraction of sp³-hybridized carbons (Fsp3) is 0.596. The highest BCUT2D eigenvalue weighted by Gasteiger charge is 2.46. The Balaban J connectivity index is 0.704. The Morgan fingerprint density at radius 2 is 1.41 bits per heavy atom. The van der Waals surface area contributed by atoms with Gasteiger partial charge in [-0.1, -0.05) is 45.8 Å². The second-order valence-corrected chi connectivity index (χ2v) is 23.1. The second-order valence-electron chi connectivity index (χ2n) is 20.2. The summed E-state index contributed by atoms with van der Waals surface area (Å²) in [6.45, 7) is 15.8. The molecule has 454 valence electrons. The SMILES string of the molecule is CC[C@@]1(O)C(=O)OCc2c1cc1n(c2=O)Cc2c-1nc1cc(F)c(C)c3c1c2[C@@H](NC(=O)OCc1ccc(SSC(C)(C)CNC(=O)CCOCCOCCOCCOCCOCCOCCOCCOCCOCCN=[N+]=[N-])cc1)CC3. The maximum absolute atomic E-state index is 15.4. The summed E-state index contributed by atoms with van der Waals surface area (Å²) in [4.78, 5) is 61.4. The van der Waals surface area contributed by atoms with Gasteiger partial charge in [0, 0.05) is 56.6 Å². The molecule has 83 heavy (non-hydrogen) atoms. The maximum atomic E-state index is 15.4. The molecule has 26 heteroatoms. The molecule has 3 aliphatic rings. The summed E-state index contributed by atoms with van der Waals surface area (Å²) in [5.74, 6) is -1.34. The molecule has 0 saturated carbocycles. The number of rotatable bonds is 39. The Labute approximate surface area is 489 Å². The largest absolute Gasteiger partial charge is 0.458 e. The van der Waals surface area contributed by atoms with Gasteiger partial charge >= 0.3 is 12.1 Å². The number of amides is 2. The molecule has 1 aliphatic carbocycles. The number of hydrogen-bond acceptors (Lipinski definition) is 20. The molecule has 3 N–H and O–H groups in total. The Bertz CT molecular complexity index is 2910. The van der Waals surface area contributed by atoms with E-state index in [1.165, 1.54) is 10.6 Å². The van der Waals surface area contributed by atoms with Crippen LogP contribution in [0.1, 0.15) is 85.0 Å². The van der Waals surface area contributed by atoms with Crippen LogP contribution in [0.5, 0.6) is 0 Å². The summed E-state index contributed by atoms with van der Waals surface area (Å²) in [6, 6.07) is 10.1. The van der Waals surface area contributed by atoms with Crippen LogP contribution in [0, 0.1) is 12.7 Å². The van der Waals surface area contributed by atoms with Gasteiger partial charge in [-0.15, -0.1) is 0 Å². The summed E-state index contributed by atoms with van der Waals surface area (Å²) in [6.07, 6.45) is 0.502. The lowest BCUT2D eigenvalue weighted by atomic mass is 9.81. The molecule has 2 atom stereocenters. The number of hydrogen-bond donors (Lipinski definition) is 3. The number of alkyl carbamates (subject to hydrolysis) is 1. The molecule has 0 radical (unpaired) electrons. The zero-order valence-electron chi connectivity index (χ0n) is 47.6. The van der Waals surface area contributed by atoms with Gasteiger partial charge in [0.2, 0.25) is 5.91 Å². The van der Waals surface area contributed by atoms with Gasteiger partial charge in [0.1, 0.15) is 19.0 Å². The molecule has 7 rings (SSSR count). The van der Waals surface area contributed by atoms with Gasteiger partial charge in [0.05, 0.1) is 154 Å². The predicted molar refractivity (Wildman–Crippen MR) is 307 cm³/mol. The van der Waals surface area contributed by atoms with E-state index in [1.54, 1.807) is 41.5 Å². The predicted octanol–water partition coefficient (Wildman–Crippen LogP) is 6.93. The summed E-state index contributed by atoms with van der Waals surface area (Å²) in [5.41, 5.74) is 10.8. The summed E-state index contributed by atoms with van der Waals surface area (Å²) in [5, 5.41) is 21.5. The first-order valence-corrected chi connectivity index (χ1v) is 30.1. The molecule has 2 amide bonds. The topological polar surface area (TPSA) is 281 Å². The third-order valence-electron chi connectivity index (χ3n) is 13.9. The Kier molecular flexibility index (Phi) is 26.1. The van der Waals surface area contributed by atoms with Crippen LogP contribution in [0.15, 0.2) is 51.2 Å². The van der Waals surface area contributed by atoms with Crippen LogP contribution < -0.4 is 16.2 Å². The van der Waals surface area contributed by atoms with Gasteiger partial charge in [-0.2, -0.15) is 0 Å². The van der Waals surface area contributed by atoms with Crippen molar-refractivity contribution in [3.05, 3.63) is 102 Å². The molecule has 2 aliphatic heterocycles.